The first kappa shape index (κ1) is 18.2. The van der Waals surface area contributed by atoms with Gasteiger partial charge in [0.05, 0.1) is 18.8 Å². The SMILES string of the molecule is CCCCCCCCCCCC1CC2C=CCOP(=O)(O2)O1. The monoisotopic (exact) mass is 330 g/mol. The highest BCUT2D eigenvalue weighted by Crippen LogP contribution is 2.57. The van der Waals surface area contributed by atoms with Crippen molar-refractivity contribution in [3.05, 3.63) is 12.2 Å². The fraction of sp³-hybridized carbons (Fsp3) is 0.882. The van der Waals surface area contributed by atoms with Crippen LogP contribution in [-0.4, -0.2) is 18.8 Å². The van der Waals surface area contributed by atoms with Gasteiger partial charge in [0.2, 0.25) is 0 Å². The molecule has 3 unspecified atom stereocenters. The van der Waals surface area contributed by atoms with Crippen molar-refractivity contribution in [2.75, 3.05) is 6.61 Å². The van der Waals surface area contributed by atoms with Crippen molar-refractivity contribution in [2.24, 2.45) is 0 Å². The summed E-state index contributed by atoms with van der Waals surface area (Å²) < 4.78 is 28.4. The van der Waals surface area contributed by atoms with Crippen LogP contribution in [0.3, 0.4) is 0 Å². The highest BCUT2D eigenvalue weighted by Gasteiger charge is 2.40. The molecule has 0 spiro atoms. The fourth-order valence-corrected chi connectivity index (χ4v) is 4.57. The van der Waals surface area contributed by atoms with Gasteiger partial charge in [-0.25, -0.2) is 4.57 Å². The van der Waals surface area contributed by atoms with E-state index in [9.17, 15) is 4.57 Å². The molecule has 0 radical (unpaired) electrons. The molecule has 0 saturated carbocycles. The van der Waals surface area contributed by atoms with E-state index in [2.05, 4.69) is 6.92 Å². The second-order valence-corrected chi connectivity index (χ2v) is 7.97. The zero-order valence-electron chi connectivity index (χ0n) is 13.9. The van der Waals surface area contributed by atoms with Crippen molar-refractivity contribution in [1.82, 2.24) is 0 Å². The lowest BCUT2D eigenvalue weighted by Gasteiger charge is -2.31. The van der Waals surface area contributed by atoms with Crippen LogP contribution in [0.5, 0.6) is 0 Å². The zero-order valence-corrected chi connectivity index (χ0v) is 14.8. The first-order valence-electron chi connectivity index (χ1n) is 9.00. The van der Waals surface area contributed by atoms with Gasteiger partial charge in [-0.3, -0.25) is 13.6 Å². The van der Waals surface area contributed by atoms with Crippen LogP contribution >= 0.6 is 7.82 Å². The first-order chi connectivity index (χ1) is 10.7. The van der Waals surface area contributed by atoms with Gasteiger partial charge >= 0.3 is 7.82 Å². The second kappa shape index (κ2) is 9.87. The van der Waals surface area contributed by atoms with Crippen LogP contribution < -0.4 is 0 Å². The van der Waals surface area contributed by atoms with Crippen molar-refractivity contribution in [2.45, 2.75) is 89.8 Å². The van der Waals surface area contributed by atoms with Gasteiger partial charge in [0.1, 0.15) is 0 Å². The van der Waals surface area contributed by atoms with Crippen LogP contribution in [0, 0.1) is 0 Å². The Morgan fingerprint density at radius 2 is 1.68 bits per heavy atom. The van der Waals surface area contributed by atoms with E-state index in [1.165, 1.54) is 51.4 Å². The average molecular weight is 330 g/mol. The Kier molecular flexibility index (Phi) is 8.16. The third-order valence-electron chi connectivity index (χ3n) is 4.35. The summed E-state index contributed by atoms with van der Waals surface area (Å²) >= 11 is 0. The zero-order chi connectivity index (χ0) is 15.7. The Hall–Kier alpha value is -0.150. The number of fused-ring (bicyclic) bond motifs is 2. The summed E-state index contributed by atoms with van der Waals surface area (Å²) in [6, 6.07) is 0. The summed E-state index contributed by atoms with van der Waals surface area (Å²) in [7, 11) is -3.30. The van der Waals surface area contributed by atoms with E-state index in [0.29, 0.717) is 6.61 Å². The van der Waals surface area contributed by atoms with Gasteiger partial charge in [0.25, 0.3) is 0 Å². The maximum Gasteiger partial charge on any atom is 0.475 e. The third kappa shape index (κ3) is 6.54. The van der Waals surface area contributed by atoms with Gasteiger partial charge in [-0.1, -0.05) is 76.9 Å². The standard InChI is InChI=1S/C17H31O4P/c1-2-3-4-5-6-7-8-9-10-12-16-15-17-13-11-14-19-22(18,20-16)21-17/h11,13,16-17H,2-10,12,14-15H2,1H3. The Balaban J connectivity index is 1.54. The van der Waals surface area contributed by atoms with Crippen LogP contribution in [-0.2, 0) is 18.1 Å². The number of hydrogen-bond acceptors (Lipinski definition) is 4. The van der Waals surface area contributed by atoms with Crippen molar-refractivity contribution in [3.8, 4) is 0 Å². The molecule has 2 aliphatic rings. The maximum atomic E-state index is 12.2. The molecule has 2 heterocycles. The minimum atomic E-state index is -3.30. The van der Waals surface area contributed by atoms with Gasteiger partial charge in [-0.15, -0.1) is 0 Å². The normalized spacial score (nSPS) is 31.1. The minimum absolute atomic E-state index is 0.0110. The Bertz CT molecular complexity index is 383. The summed E-state index contributed by atoms with van der Waals surface area (Å²) in [6.45, 7) is 2.57. The molecule has 2 aliphatic heterocycles. The van der Waals surface area contributed by atoms with Gasteiger partial charge in [-0.2, -0.15) is 0 Å². The molecule has 1 fully saturated rings. The molecule has 2 rings (SSSR count). The molecule has 5 heteroatoms. The number of unbranched alkanes of at least 4 members (excludes halogenated alkanes) is 8. The van der Waals surface area contributed by atoms with E-state index in [4.69, 9.17) is 13.6 Å². The van der Waals surface area contributed by atoms with E-state index < -0.39 is 7.82 Å². The second-order valence-electron chi connectivity index (χ2n) is 6.40. The molecule has 0 aromatic heterocycles. The van der Waals surface area contributed by atoms with Gasteiger partial charge < -0.3 is 0 Å². The number of rotatable bonds is 10. The van der Waals surface area contributed by atoms with Gasteiger partial charge in [0.15, 0.2) is 0 Å². The van der Waals surface area contributed by atoms with Crippen LogP contribution in [0.15, 0.2) is 12.2 Å². The molecule has 1 saturated heterocycles. The first-order valence-corrected chi connectivity index (χ1v) is 10.5. The number of phosphoric ester groups is 1. The smallest absolute Gasteiger partial charge is 0.283 e. The molecule has 0 amide bonds. The Morgan fingerprint density at radius 1 is 1.00 bits per heavy atom. The molecular formula is C17H31O4P. The molecule has 2 bridgehead atoms. The lowest BCUT2D eigenvalue weighted by atomic mass is 10.0. The highest BCUT2D eigenvalue weighted by molar-refractivity contribution is 7.48. The van der Waals surface area contributed by atoms with E-state index in [1.807, 2.05) is 12.2 Å². The predicted octanol–water partition coefficient (Wildman–Crippen LogP) is 5.78. The highest BCUT2D eigenvalue weighted by atomic mass is 31.2. The Morgan fingerprint density at radius 3 is 2.41 bits per heavy atom. The molecule has 0 N–H and O–H groups in total. The van der Waals surface area contributed by atoms with E-state index in [1.54, 1.807) is 0 Å². The van der Waals surface area contributed by atoms with Crippen LogP contribution in [0.25, 0.3) is 0 Å². The van der Waals surface area contributed by atoms with E-state index in [0.717, 1.165) is 19.3 Å². The molecule has 22 heavy (non-hydrogen) atoms. The molecule has 0 aliphatic carbocycles. The summed E-state index contributed by atoms with van der Waals surface area (Å²) in [5, 5.41) is 0. The quantitative estimate of drug-likeness (QED) is 0.289. The molecule has 4 nitrogen and oxygen atoms in total. The average Bonchev–Trinajstić information content (AvgIpc) is 2.63. The summed E-state index contributed by atoms with van der Waals surface area (Å²) in [5.41, 5.74) is 0. The van der Waals surface area contributed by atoms with Crippen LogP contribution in [0.4, 0.5) is 0 Å². The van der Waals surface area contributed by atoms with Gasteiger partial charge in [-0.05, 0) is 6.42 Å². The Labute approximate surface area is 135 Å². The number of hydrogen-bond donors (Lipinski definition) is 0. The summed E-state index contributed by atoms with van der Waals surface area (Å²) in [6.07, 6.45) is 17.3. The molecule has 3 atom stereocenters. The van der Waals surface area contributed by atoms with Gasteiger partial charge in [0, 0.05) is 6.42 Å². The van der Waals surface area contributed by atoms with Crippen molar-refractivity contribution in [3.63, 3.8) is 0 Å². The lowest BCUT2D eigenvalue weighted by Crippen LogP contribution is -2.26. The minimum Gasteiger partial charge on any atom is -0.283 e. The van der Waals surface area contributed by atoms with Crippen LogP contribution in [0.2, 0.25) is 0 Å². The lowest BCUT2D eigenvalue weighted by molar-refractivity contribution is 0.00903. The summed E-state index contributed by atoms with van der Waals surface area (Å²) in [5.74, 6) is 0. The van der Waals surface area contributed by atoms with E-state index >= 15 is 0 Å². The molecule has 0 aromatic carbocycles. The molecule has 128 valence electrons. The fourth-order valence-electron chi connectivity index (χ4n) is 3.09. The largest absolute Gasteiger partial charge is 0.475 e. The maximum absolute atomic E-state index is 12.2. The van der Waals surface area contributed by atoms with Crippen LogP contribution in [0.1, 0.15) is 77.6 Å². The van der Waals surface area contributed by atoms with E-state index in [-0.39, 0.29) is 12.2 Å². The topological polar surface area (TPSA) is 44.8 Å². The van der Waals surface area contributed by atoms with Crippen molar-refractivity contribution in [1.29, 1.82) is 0 Å². The predicted molar refractivity (Wildman–Crippen MR) is 88.9 cm³/mol. The number of phosphoric acid groups is 1. The van der Waals surface area contributed by atoms with Crippen molar-refractivity contribution >= 4 is 7.82 Å². The third-order valence-corrected chi connectivity index (χ3v) is 5.90. The summed E-state index contributed by atoms with van der Waals surface area (Å²) in [4.78, 5) is 0. The molecule has 0 aromatic rings. The molecular weight excluding hydrogens is 299 g/mol. The van der Waals surface area contributed by atoms with Crippen molar-refractivity contribution < 1.29 is 18.1 Å².